The minimum absolute atomic E-state index is 0.177. The van der Waals surface area contributed by atoms with Crippen LogP contribution in [0.15, 0.2) is 6.20 Å². The summed E-state index contributed by atoms with van der Waals surface area (Å²) in [7, 11) is 0. The van der Waals surface area contributed by atoms with Gasteiger partial charge in [-0.25, -0.2) is 14.8 Å². The van der Waals surface area contributed by atoms with Gasteiger partial charge in [0.25, 0.3) is 0 Å². The number of aromatic nitrogens is 2. The molecule has 0 bridgehead atoms. The summed E-state index contributed by atoms with van der Waals surface area (Å²) in [5.74, 6) is -0.482. The lowest BCUT2D eigenvalue weighted by Crippen LogP contribution is -2.08. The fraction of sp³-hybridized carbons (Fsp3) is 0.286. The third-order valence-corrected chi connectivity index (χ3v) is 2.52. The first kappa shape index (κ1) is 10.6. The largest absolute Gasteiger partial charge is 0.461 e. The number of carbonyl (C=O) groups excluding carboxylic acids is 1. The molecule has 0 aliphatic rings. The third-order valence-electron chi connectivity index (χ3n) is 1.17. The predicted molar refractivity (Wildman–Crippen MR) is 55.7 cm³/mol. The highest BCUT2D eigenvalue weighted by Crippen LogP contribution is 2.12. The highest BCUT2D eigenvalue weighted by Gasteiger charge is 2.10. The number of hydrogen-bond donors (Lipinski definition) is 0. The van der Waals surface area contributed by atoms with Crippen molar-refractivity contribution in [1.29, 1.82) is 0 Å². The number of halogens is 2. The lowest BCUT2D eigenvalue weighted by Gasteiger charge is -2.00. The van der Waals surface area contributed by atoms with Crippen LogP contribution >= 0.6 is 34.2 Å². The van der Waals surface area contributed by atoms with Crippen LogP contribution in [0.1, 0.15) is 17.4 Å². The molecule has 1 aromatic rings. The van der Waals surface area contributed by atoms with Crippen LogP contribution in [-0.2, 0) is 4.74 Å². The van der Waals surface area contributed by atoms with Gasteiger partial charge in [0.2, 0.25) is 0 Å². The molecule has 1 rings (SSSR count). The van der Waals surface area contributed by atoms with Gasteiger partial charge < -0.3 is 4.74 Å². The van der Waals surface area contributed by atoms with Crippen molar-refractivity contribution in [2.24, 2.45) is 0 Å². The average Bonchev–Trinajstić information content (AvgIpc) is 2.10. The van der Waals surface area contributed by atoms with Crippen LogP contribution in [0.2, 0.25) is 5.15 Å². The molecule has 0 N–H and O–H groups in total. The molecule has 0 saturated heterocycles. The Bertz CT molecular complexity index is 332. The highest BCUT2D eigenvalue weighted by molar-refractivity contribution is 14.1. The number of ether oxygens (including phenoxy) is 1. The number of carbonyl (C=O) groups is 1. The Labute approximate surface area is 93.8 Å². The van der Waals surface area contributed by atoms with Gasteiger partial charge in [-0.3, -0.25) is 0 Å². The Morgan fingerprint density at radius 2 is 2.46 bits per heavy atom. The maximum atomic E-state index is 11.1. The Balaban J connectivity index is 2.90. The van der Waals surface area contributed by atoms with E-state index in [2.05, 4.69) is 9.97 Å². The second-order valence-corrected chi connectivity index (χ2v) is 3.44. The van der Waals surface area contributed by atoms with Gasteiger partial charge in [0.05, 0.1) is 12.8 Å². The molecule has 4 nitrogen and oxygen atoms in total. The molecule has 0 unspecified atom stereocenters. The van der Waals surface area contributed by atoms with Crippen LogP contribution < -0.4 is 0 Å². The average molecular weight is 312 g/mol. The fourth-order valence-electron chi connectivity index (χ4n) is 0.655. The molecule has 0 aromatic carbocycles. The molecule has 70 valence electrons. The van der Waals surface area contributed by atoms with Gasteiger partial charge >= 0.3 is 5.97 Å². The maximum absolute atomic E-state index is 11.1. The summed E-state index contributed by atoms with van der Waals surface area (Å²) >= 11 is 7.53. The first-order chi connectivity index (χ1) is 6.15. The van der Waals surface area contributed by atoms with Gasteiger partial charge in [-0.15, -0.1) is 0 Å². The standard InChI is InChI=1S/C7H6ClIN2O2/c1-2-13-7(12)4-3-10-5(8)6(9)11-4/h3H,2H2,1H3. The summed E-state index contributed by atoms with van der Waals surface area (Å²) in [6.07, 6.45) is 1.29. The first-order valence-electron chi connectivity index (χ1n) is 3.50. The van der Waals surface area contributed by atoms with Gasteiger partial charge in [-0.05, 0) is 29.5 Å². The van der Waals surface area contributed by atoms with Gasteiger partial charge in [-0.1, -0.05) is 11.6 Å². The van der Waals surface area contributed by atoms with Crippen LogP contribution in [0.3, 0.4) is 0 Å². The summed E-state index contributed by atoms with van der Waals surface area (Å²) in [4.78, 5) is 18.8. The van der Waals surface area contributed by atoms with Crippen molar-refractivity contribution in [2.45, 2.75) is 6.92 Å². The van der Waals surface area contributed by atoms with E-state index in [-0.39, 0.29) is 10.8 Å². The maximum Gasteiger partial charge on any atom is 0.358 e. The van der Waals surface area contributed by atoms with Crippen LogP contribution in [0.4, 0.5) is 0 Å². The third kappa shape index (κ3) is 2.77. The Kier molecular flexibility index (Phi) is 3.86. The normalized spacial score (nSPS) is 9.77. The Hall–Kier alpha value is -0.430. The molecular weight excluding hydrogens is 306 g/mol. The van der Waals surface area contributed by atoms with Crippen molar-refractivity contribution < 1.29 is 9.53 Å². The van der Waals surface area contributed by atoms with Crippen LogP contribution in [0.25, 0.3) is 0 Å². The van der Waals surface area contributed by atoms with E-state index in [9.17, 15) is 4.79 Å². The fourth-order valence-corrected chi connectivity index (χ4v) is 1.15. The van der Waals surface area contributed by atoms with E-state index in [1.807, 2.05) is 22.6 Å². The smallest absolute Gasteiger partial charge is 0.358 e. The van der Waals surface area contributed by atoms with Crippen LogP contribution in [0.5, 0.6) is 0 Å². The van der Waals surface area contributed by atoms with Crippen molar-refractivity contribution >= 4 is 40.2 Å². The zero-order chi connectivity index (χ0) is 9.84. The summed E-state index contributed by atoms with van der Waals surface area (Å²) in [6.45, 7) is 2.05. The summed E-state index contributed by atoms with van der Waals surface area (Å²) < 4.78 is 5.23. The number of nitrogens with zero attached hydrogens (tertiary/aromatic N) is 2. The van der Waals surface area contributed by atoms with Crippen LogP contribution in [-0.4, -0.2) is 22.5 Å². The lowest BCUT2D eigenvalue weighted by molar-refractivity contribution is 0.0518. The van der Waals surface area contributed by atoms with Crippen molar-refractivity contribution in [3.63, 3.8) is 0 Å². The molecule has 0 saturated carbocycles. The number of rotatable bonds is 2. The SMILES string of the molecule is CCOC(=O)c1cnc(Cl)c(I)n1. The van der Waals surface area contributed by atoms with E-state index in [1.165, 1.54) is 6.20 Å². The van der Waals surface area contributed by atoms with Gasteiger partial charge in [0.15, 0.2) is 10.8 Å². The van der Waals surface area contributed by atoms with E-state index < -0.39 is 5.97 Å². The van der Waals surface area contributed by atoms with Crippen molar-refractivity contribution in [2.75, 3.05) is 6.61 Å². The molecule has 1 aromatic heterocycles. The molecule has 0 atom stereocenters. The summed E-state index contributed by atoms with van der Waals surface area (Å²) in [6, 6.07) is 0. The molecule has 6 heteroatoms. The van der Waals surface area contributed by atoms with Crippen molar-refractivity contribution in [1.82, 2.24) is 9.97 Å². The Morgan fingerprint density at radius 3 is 3.00 bits per heavy atom. The molecular formula is C7H6ClIN2O2. The molecule has 0 amide bonds. The Morgan fingerprint density at radius 1 is 1.77 bits per heavy atom. The van der Waals surface area contributed by atoms with E-state index in [0.717, 1.165) is 0 Å². The highest BCUT2D eigenvalue weighted by atomic mass is 127. The molecule has 0 fully saturated rings. The van der Waals surface area contributed by atoms with Crippen molar-refractivity contribution in [3.8, 4) is 0 Å². The van der Waals surface area contributed by atoms with Crippen molar-refractivity contribution in [3.05, 3.63) is 20.7 Å². The predicted octanol–water partition coefficient (Wildman–Crippen LogP) is 1.91. The monoisotopic (exact) mass is 312 g/mol. The summed E-state index contributed by atoms with van der Waals surface area (Å²) in [5, 5.41) is 0.286. The molecule has 0 spiro atoms. The first-order valence-corrected chi connectivity index (χ1v) is 4.96. The zero-order valence-corrected chi connectivity index (χ0v) is 9.66. The number of hydrogen-bond acceptors (Lipinski definition) is 4. The topological polar surface area (TPSA) is 52.1 Å². The van der Waals surface area contributed by atoms with E-state index in [0.29, 0.717) is 10.3 Å². The molecule has 13 heavy (non-hydrogen) atoms. The second-order valence-electron chi connectivity index (χ2n) is 2.06. The minimum atomic E-state index is -0.482. The molecule has 0 radical (unpaired) electrons. The second kappa shape index (κ2) is 4.71. The zero-order valence-electron chi connectivity index (χ0n) is 6.75. The molecule has 0 aliphatic carbocycles. The lowest BCUT2D eigenvalue weighted by atomic mass is 10.5. The van der Waals surface area contributed by atoms with E-state index in [4.69, 9.17) is 16.3 Å². The van der Waals surface area contributed by atoms with Gasteiger partial charge in [0, 0.05) is 0 Å². The van der Waals surface area contributed by atoms with E-state index in [1.54, 1.807) is 6.92 Å². The molecule has 0 aliphatic heterocycles. The quantitative estimate of drug-likeness (QED) is 0.618. The van der Waals surface area contributed by atoms with E-state index >= 15 is 0 Å². The van der Waals surface area contributed by atoms with Crippen LogP contribution in [0, 0.1) is 3.70 Å². The summed E-state index contributed by atoms with van der Waals surface area (Å²) in [5.41, 5.74) is 0.177. The minimum Gasteiger partial charge on any atom is -0.461 e. The van der Waals surface area contributed by atoms with Gasteiger partial charge in [-0.2, -0.15) is 0 Å². The van der Waals surface area contributed by atoms with Gasteiger partial charge in [0.1, 0.15) is 3.70 Å². The number of esters is 1. The molecule has 1 heterocycles.